The van der Waals surface area contributed by atoms with Crippen LogP contribution in [0.15, 0.2) is 18.3 Å². The summed E-state index contributed by atoms with van der Waals surface area (Å²) in [6, 6.07) is 3.20. The second kappa shape index (κ2) is 6.66. The molecule has 2 unspecified atom stereocenters. The quantitative estimate of drug-likeness (QED) is 0.886. The maximum absolute atomic E-state index is 11.0. The number of carboxylic acid groups (broad SMARTS) is 1. The molecule has 0 spiro atoms. The molecule has 0 aromatic carbocycles. The predicted molar refractivity (Wildman–Crippen MR) is 72.0 cm³/mol. The number of nitrogens with zero attached hydrogens (tertiary/aromatic N) is 1. The Morgan fingerprint density at radius 3 is 3.11 bits per heavy atom. The number of pyridine rings is 1. The summed E-state index contributed by atoms with van der Waals surface area (Å²) < 4.78 is 5.67. The smallest absolute Gasteiger partial charge is 0.337 e. The third-order valence-corrected chi connectivity index (χ3v) is 3.76. The number of carboxylic acids is 1. The zero-order chi connectivity index (χ0) is 13.7. The molecule has 104 valence electrons. The lowest BCUT2D eigenvalue weighted by molar-refractivity contribution is 0.0601. The second-order valence-electron chi connectivity index (χ2n) is 5.46. The van der Waals surface area contributed by atoms with Gasteiger partial charge in [0.25, 0.3) is 0 Å². The van der Waals surface area contributed by atoms with E-state index in [1.54, 1.807) is 18.3 Å². The molecule has 1 aliphatic carbocycles. The van der Waals surface area contributed by atoms with Gasteiger partial charge in [-0.2, -0.15) is 0 Å². The molecule has 0 amide bonds. The minimum Gasteiger partial charge on any atom is -0.478 e. The van der Waals surface area contributed by atoms with E-state index in [0.717, 1.165) is 5.92 Å². The number of aromatic carboxylic acids is 1. The summed E-state index contributed by atoms with van der Waals surface area (Å²) in [5, 5.41) is 9.05. The van der Waals surface area contributed by atoms with Crippen LogP contribution in [0.2, 0.25) is 0 Å². The van der Waals surface area contributed by atoms with Crippen LogP contribution in [0.25, 0.3) is 0 Å². The van der Waals surface area contributed by atoms with Crippen LogP contribution < -0.4 is 0 Å². The van der Waals surface area contributed by atoms with Gasteiger partial charge >= 0.3 is 5.97 Å². The third kappa shape index (κ3) is 4.03. The molecule has 1 aromatic heterocycles. The molecule has 0 saturated heterocycles. The van der Waals surface area contributed by atoms with Crippen LogP contribution in [0, 0.1) is 11.8 Å². The maximum atomic E-state index is 11.0. The molecule has 4 heteroatoms. The largest absolute Gasteiger partial charge is 0.478 e. The van der Waals surface area contributed by atoms with Crippen LogP contribution in [0.5, 0.6) is 0 Å². The normalized spacial score (nSPS) is 23.2. The average molecular weight is 263 g/mol. The van der Waals surface area contributed by atoms with Crippen molar-refractivity contribution in [2.24, 2.45) is 11.8 Å². The molecule has 0 aliphatic heterocycles. The summed E-state index contributed by atoms with van der Waals surface area (Å²) in [4.78, 5) is 15.1. The number of hydrogen-bond acceptors (Lipinski definition) is 3. The molecule has 1 saturated carbocycles. The molecule has 0 radical (unpaired) electrons. The second-order valence-corrected chi connectivity index (χ2v) is 5.46. The number of carbonyl (C=O) groups is 1. The van der Waals surface area contributed by atoms with Crippen molar-refractivity contribution in [3.05, 3.63) is 29.6 Å². The van der Waals surface area contributed by atoms with Crippen LogP contribution in [0.1, 0.15) is 48.7 Å². The first-order valence-corrected chi connectivity index (χ1v) is 6.91. The zero-order valence-corrected chi connectivity index (χ0v) is 11.3. The molecule has 1 N–H and O–H groups in total. The fraction of sp³-hybridized carbons (Fsp3) is 0.600. The van der Waals surface area contributed by atoms with Crippen molar-refractivity contribution >= 4 is 5.97 Å². The fourth-order valence-corrected chi connectivity index (χ4v) is 2.78. The molecular formula is C15H21NO3. The summed E-state index contributed by atoms with van der Waals surface area (Å²) in [7, 11) is 0. The summed E-state index contributed by atoms with van der Waals surface area (Å²) in [6.07, 6.45) is 6.64. The van der Waals surface area contributed by atoms with Gasteiger partial charge in [0.1, 0.15) is 0 Å². The molecule has 1 heterocycles. The van der Waals surface area contributed by atoms with Crippen molar-refractivity contribution in [3.8, 4) is 0 Å². The van der Waals surface area contributed by atoms with E-state index in [9.17, 15) is 4.79 Å². The van der Waals surface area contributed by atoms with Gasteiger partial charge in [0.15, 0.2) is 0 Å². The van der Waals surface area contributed by atoms with Crippen molar-refractivity contribution in [2.75, 3.05) is 6.61 Å². The summed E-state index contributed by atoms with van der Waals surface area (Å²) in [5.74, 6) is 0.450. The van der Waals surface area contributed by atoms with E-state index in [2.05, 4.69) is 11.9 Å². The molecular weight excluding hydrogens is 242 g/mol. The predicted octanol–water partition coefficient (Wildman–Crippen LogP) is 3.12. The van der Waals surface area contributed by atoms with Gasteiger partial charge in [-0.25, -0.2) is 4.79 Å². The Morgan fingerprint density at radius 2 is 2.37 bits per heavy atom. The lowest BCUT2D eigenvalue weighted by atomic mass is 9.83. The monoisotopic (exact) mass is 263 g/mol. The first kappa shape index (κ1) is 14.0. The minimum absolute atomic E-state index is 0.236. The highest BCUT2D eigenvalue weighted by atomic mass is 16.5. The van der Waals surface area contributed by atoms with Crippen molar-refractivity contribution in [1.29, 1.82) is 0 Å². The van der Waals surface area contributed by atoms with Gasteiger partial charge in [-0.1, -0.05) is 19.8 Å². The number of rotatable bonds is 5. The molecule has 2 atom stereocenters. The SMILES string of the molecule is CC1CCCC(COCc2ncccc2C(=O)O)C1. The van der Waals surface area contributed by atoms with Gasteiger partial charge in [0.05, 0.1) is 17.9 Å². The highest BCUT2D eigenvalue weighted by Gasteiger charge is 2.19. The lowest BCUT2D eigenvalue weighted by Crippen LogP contribution is -2.18. The average Bonchev–Trinajstić information content (AvgIpc) is 2.39. The van der Waals surface area contributed by atoms with Gasteiger partial charge in [-0.3, -0.25) is 4.98 Å². The van der Waals surface area contributed by atoms with Crippen LogP contribution in [0.3, 0.4) is 0 Å². The van der Waals surface area contributed by atoms with Crippen LogP contribution in [-0.4, -0.2) is 22.7 Å². The van der Waals surface area contributed by atoms with Crippen LogP contribution >= 0.6 is 0 Å². The Bertz CT molecular complexity index is 433. The summed E-state index contributed by atoms with van der Waals surface area (Å²) in [5.41, 5.74) is 0.748. The van der Waals surface area contributed by atoms with Crippen LogP contribution in [0.4, 0.5) is 0 Å². The van der Waals surface area contributed by atoms with E-state index < -0.39 is 5.97 Å². The maximum Gasteiger partial charge on any atom is 0.337 e. The van der Waals surface area contributed by atoms with Gasteiger partial charge in [0.2, 0.25) is 0 Å². The Balaban J connectivity index is 1.84. The fourth-order valence-electron chi connectivity index (χ4n) is 2.78. The van der Waals surface area contributed by atoms with E-state index >= 15 is 0 Å². The van der Waals surface area contributed by atoms with Crippen molar-refractivity contribution in [2.45, 2.75) is 39.2 Å². The number of hydrogen-bond donors (Lipinski definition) is 1. The van der Waals surface area contributed by atoms with Gasteiger partial charge in [-0.15, -0.1) is 0 Å². The summed E-state index contributed by atoms with van der Waals surface area (Å²) >= 11 is 0. The number of ether oxygens (including phenoxy) is 1. The van der Waals surface area contributed by atoms with E-state index in [1.807, 2.05) is 0 Å². The molecule has 0 bridgehead atoms. The highest BCUT2D eigenvalue weighted by molar-refractivity contribution is 5.88. The molecule has 4 nitrogen and oxygen atoms in total. The Hall–Kier alpha value is -1.42. The standard InChI is InChI=1S/C15H21NO3/c1-11-4-2-5-12(8-11)9-19-10-14-13(15(17)18)6-3-7-16-14/h3,6-7,11-12H,2,4-5,8-10H2,1H3,(H,17,18). The van der Waals surface area contributed by atoms with E-state index in [4.69, 9.17) is 9.84 Å². The molecule has 1 aliphatic rings. The minimum atomic E-state index is -0.946. The summed E-state index contributed by atoms with van der Waals surface area (Å²) in [6.45, 7) is 3.28. The number of aromatic nitrogens is 1. The van der Waals surface area contributed by atoms with E-state index in [0.29, 0.717) is 18.2 Å². The van der Waals surface area contributed by atoms with Crippen molar-refractivity contribution < 1.29 is 14.6 Å². The van der Waals surface area contributed by atoms with Crippen molar-refractivity contribution in [1.82, 2.24) is 4.98 Å². The Labute approximate surface area is 113 Å². The van der Waals surface area contributed by atoms with Gasteiger partial charge < -0.3 is 9.84 Å². The third-order valence-electron chi connectivity index (χ3n) is 3.76. The molecule has 2 rings (SSSR count). The lowest BCUT2D eigenvalue weighted by Gasteiger charge is -2.26. The van der Waals surface area contributed by atoms with E-state index in [-0.39, 0.29) is 12.2 Å². The van der Waals surface area contributed by atoms with E-state index in [1.165, 1.54) is 25.7 Å². The zero-order valence-electron chi connectivity index (χ0n) is 11.3. The molecule has 1 fully saturated rings. The first-order valence-electron chi connectivity index (χ1n) is 6.91. The van der Waals surface area contributed by atoms with Crippen molar-refractivity contribution in [3.63, 3.8) is 0 Å². The van der Waals surface area contributed by atoms with Crippen LogP contribution in [-0.2, 0) is 11.3 Å². The topological polar surface area (TPSA) is 59.4 Å². The highest BCUT2D eigenvalue weighted by Crippen LogP contribution is 2.28. The Kier molecular flexibility index (Phi) is 4.91. The Morgan fingerprint density at radius 1 is 1.53 bits per heavy atom. The van der Waals surface area contributed by atoms with Gasteiger partial charge in [-0.05, 0) is 36.8 Å². The molecule has 19 heavy (non-hydrogen) atoms. The van der Waals surface area contributed by atoms with Gasteiger partial charge in [0, 0.05) is 12.8 Å². The molecule has 1 aromatic rings. The first-order chi connectivity index (χ1) is 9.16.